The van der Waals surface area contributed by atoms with Gasteiger partial charge in [-0.25, -0.2) is 0 Å². The quantitative estimate of drug-likeness (QED) is 0.892. The van der Waals surface area contributed by atoms with E-state index in [0.717, 1.165) is 12.2 Å². The number of hydrogen-bond acceptors (Lipinski definition) is 2. The first-order chi connectivity index (χ1) is 10.2. The van der Waals surface area contributed by atoms with Crippen LogP contribution in [0.15, 0.2) is 48.5 Å². The predicted octanol–water partition coefficient (Wildman–Crippen LogP) is 4.07. The highest BCUT2D eigenvalue weighted by Gasteiger charge is 2.32. The lowest BCUT2D eigenvalue weighted by Gasteiger charge is -2.37. The Kier molecular flexibility index (Phi) is 3.98. The van der Waals surface area contributed by atoms with E-state index < -0.39 is 0 Å². The molecule has 2 aromatic rings. The van der Waals surface area contributed by atoms with E-state index in [2.05, 4.69) is 61.6 Å². The van der Waals surface area contributed by atoms with Crippen molar-refractivity contribution in [3.63, 3.8) is 0 Å². The molecule has 3 rings (SSSR count). The Labute approximate surface area is 127 Å². The Morgan fingerprint density at radius 2 is 1.90 bits per heavy atom. The van der Waals surface area contributed by atoms with Crippen molar-refractivity contribution in [1.29, 1.82) is 0 Å². The van der Waals surface area contributed by atoms with Crippen molar-refractivity contribution in [1.82, 2.24) is 5.32 Å². The van der Waals surface area contributed by atoms with Gasteiger partial charge in [-0.3, -0.25) is 0 Å². The highest BCUT2D eigenvalue weighted by molar-refractivity contribution is 5.44. The zero-order valence-electron chi connectivity index (χ0n) is 13.0. The maximum atomic E-state index is 5.82. The molecule has 2 nitrogen and oxygen atoms in total. The highest BCUT2D eigenvalue weighted by atomic mass is 16.5. The molecule has 110 valence electrons. The molecule has 0 bridgehead atoms. The fourth-order valence-corrected chi connectivity index (χ4v) is 3.25. The third kappa shape index (κ3) is 2.81. The summed E-state index contributed by atoms with van der Waals surface area (Å²) in [7, 11) is 2.04. The van der Waals surface area contributed by atoms with Crippen molar-refractivity contribution < 1.29 is 4.74 Å². The zero-order valence-corrected chi connectivity index (χ0v) is 13.0. The second-order valence-corrected chi connectivity index (χ2v) is 6.01. The van der Waals surface area contributed by atoms with Crippen LogP contribution in [0.3, 0.4) is 0 Å². The molecule has 2 unspecified atom stereocenters. The van der Waals surface area contributed by atoms with Gasteiger partial charge >= 0.3 is 0 Å². The van der Waals surface area contributed by atoms with Gasteiger partial charge in [-0.1, -0.05) is 36.4 Å². The van der Waals surface area contributed by atoms with Gasteiger partial charge in [0.05, 0.1) is 6.10 Å². The van der Waals surface area contributed by atoms with Gasteiger partial charge in [0.15, 0.2) is 0 Å². The summed E-state index contributed by atoms with van der Waals surface area (Å²) >= 11 is 0. The van der Waals surface area contributed by atoms with Crippen molar-refractivity contribution in [3.8, 4) is 5.75 Å². The monoisotopic (exact) mass is 281 g/mol. The average Bonchev–Trinajstić information content (AvgIpc) is 2.44. The molecule has 0 spiro atoms. The Bertz CT molecular complexity index is 620. The standard InChI is InChI=1S/C19H23NO/c1-13(2)21-16-9-6-8-15(11-16)19(20-3)18-12-14-7-4-5-10-17(14)18/h4-11,13,18-20H,12H2,1-3H3. The van der Waals surface area contributed by atoms with Gasteiger partial charge in [-0.05, 0) is 56.1 Å². The number of fused-ring (bicyclic) bond motifs is 1. The van der Waals surface area contributed by atoms with Gasteiger partial charge in [0.2, 0.25) is 0 Å². The minimum absolute atomic E-state index is 0.206. The second-order valence-electron chi connectivity index (χ2n) is 6.01. The van der Waals surface area contributed by atoms with Crippen LogP contribution in [0.25, 0.3) is 0 Å². The first-order valence-electron chi connectivity index (χ1n) is 7.70. The fourth-order valence-electron chi connectivity index (χ4n) is 3.25. The lowest BCUT2D eigenvalue weighted by Crippen LogP contribution is -2.31. The Morgan fingerprint density at radius 3 is 2.62 bits per heavy atom. The molecule has 21 heavy (non-hydrogen) atoms. The number of rotatable bonds is 5. The minimum Gasteiger partial charge on any atom is -0.491 e. The summed E-state index contributed by atoms with van der Waals surface area (Å²) in [5, 5.41) is 3.49. The third-order valence-corrected chi connectivity index (χ3v) is 4.20. The van der Waals surface area contributed by atoms with Crippen LogP contribution >= 0.6 is 0 Å². The molecule has 0 aromatic heterocycles. The summed E-state index contributed by atoms with van der Waals surface area (Å²) < 4.78 is 5.82. The Morgan fingerprint density at radius 1 is 1.10 bits per heavy atom. The van der Waals surface area contributed by atoms with Crippen LogP contribution in [0.2, 0.25) is 0 Å². The summed E-state index contributed by atoms with van der Waals surface area (Å²) in [6, 6.07) is 17.6. The van der Waals surface area contributed by atoms with Crippen molar-refractivity contribution in [3.05, 3.63) is 65.2 Å². The van der Waals surface area contributed by atoms with E-state index >= 15 is 0 Å². The number of nitrogens with one attached hydrogen (secondary N) is 1. The largest absolute Gasteiger partial charge is 0.491 e. The average molecular weight is 281 g/mol. The van der Waals surface area contributed by atoms with Crippen LogP contribution < -0.4 is 10.1 Å². The number of likely N-dealkylation sites (N-methyl/N-ethyl adjacent to an activating group) is 1. The summed E-state index contributed by atoms with van der Waals surface area (Å²) in [6.45, 7) is 4.12. The summed E-state index contributed by atoms with van der Waals surface area (Å²) in [6.07, 6.45) is 1.36. The normalized spacial score (nSPS) is 18.0. The number of benzene rings is 2. The molecule has 1 N–H and O–H groups in total. The SMILES string of the molecule is CNC(c1cccc(OC(C)C)c1)C1Cc2ccccc21. The van der Waals surface area contributed by atoms with Gasteiger partial charge in [-0.2, -0.15) is 0 Å². The molecule has 0 saturated carbocycles. The lowest BCUT2D eigenvalue weighted by atomic mass is 9.72. The first-order valence-corrected chi connectivity index (χ1v) is 7.70. The number of ether oxygens (including phenoxy) is 1. The van der Waals surface area contributed by atoms with Crippen LogP contribution in [-0.2, 0) is 6.42 Å². The molecule has 0 radical (unpaired) electrons. The number of hydrogen-bond donors (Lipinski definition) is 1. The highest BCUT2D eigenvalue weighted by Crippen LogP contribution is 2.43. The molecule has 0 amide bonds. The van der Waals surface area contributed by atoms with Crippen LogP contribution in [0.5, 0.6) is 5.75 Å². The van der Waals surface area contributed by atoms with Gasteiger partial charge in [0.1, 0.15) is 5.75 Å². The first kappa shape index (κ1) is 14.2. The third-order valence-electron chi connectivity index (χ3n) is 4.20. The van der Waals surface area contributed by atoms with Gasteiger partial charge in [0.25, 0.3) is 0 Å². The van der Waals surface area contributed by atoms with Gasteiger partial charge < -0.3 is 10.1 Å². The molecule has 1 aliphatic carbocycles. The second kappa shape index (κ2) is 5.90. The molecular weight excluding hydrogens is 258 g/mol. The molecule has 0 aliphatic heterocycles. The van der Waals surface area contributed by atoms with Gasteiger partial charge in [-0.15, -0.1) is 0 Å². The Hall–Kier alpha value is -1.80. The molecule has 0 heterocycles. The molecule has 2 aromatic carbocycles. The smallest absolute Gasteiger partial charge is 0.120 e. The van der Waals surface area contributed by atoms with E-state index in [4.69, 9.17) is 4.74 Å². The molecule has 0 saturated heterocycles. The van der Waals surface area contributed by atoms with Crippen molar-refractivity contribution in [2.45, 2.75) is 38.3 Å². The van der Waals surface area contributed by atoms with E-state index in [1.807, 2.05) is 13.1 Å². The van der Waals surface area contributed by atoms with Crippen molar-refractivity contribution >= 4 is 0 Å². The minimum atomic E-state index is 0.206. The predicted molar refractivity (Wildman–Crippen MR) is 86.9 cm³/mol. The van der Waals surface area contributed by atoms with E-state index in [1.165, 1.54) is 16.7 Å². The van der Waals surface area contributed by atoms with E-state index in [-0.39, 0.29) is 6.10 Å². The molecular formula is C19H23NO. The summed E-state index contributed by atoms with van der Waals surface area (Å²) in [5.74, 6) is 1.51. The van der Waals surface area contributed by atoms with Crippen LogP contribution in [-0.4, -0.2) is 13.2 Å². The van der Waals surface area contributed by atoms with E-state index in [0.29, 0.717) is 12.0 Å². The van der Waals surface area contributed by atoms with Crippen LogP contribution in [0, 0.1) is 0 Å². The van der Waals surface area contributed by atoms with E-state index in [9.17, 15) is 0 Å². The van der Waals surface area contributed by atoms with Crippen molar-refractivity contribution in [2.24, 2.45) is 0 Å². The Balaban J connectivity index is 1.85. The van der Waals surface area contributed by atoms with Crippen molar-refractivity contribution in [2.75, 3.05) is 7.05 Å². The molecule has 2 heteroatoms. The molecule has 2 atom stereocenters. The maximum Gasteiger partial charge on any atom is 0.120 e. The van der Waals surface area contributed by atoms with Crippen LogP contribution in [0.1, 0.15) is 42.5 Å². The van der Waals surface area contributed by atoms with Gasteiger partial charge in [0, 0.05) is 12.0 Å². The van der Waals surface area contributed by atoms with E-state index in [1.54, 1.807) is 0 Å². The van der Waals surface area contributed by atoms with Crippen LogP contribution in [0.4, 0.5) is 0 Å². The zero-order chi connectivity index (χ0) is 14.8. The topological polar surface area (TPSA) is 21.3 Å². The summed E-state index contributed by atoms with van der Waals surface area (Å²) in [5.41, 5.74) is 4.26. The maximum absolute atomic E-state index is 5.82. The fraction of sp³-hybridized carbons (Fsp3) is 0.368. The molecule has 1 aliphatic rings. The summed E-state index contributed by atoms with van der Waals surface area (Å²) in [4.78, 5) is 0. The lowest BCUT2D eigenvalue weighted by molar-refractivity contribution is 0.242. The molecule has 0 fully saturated rings.